The third-order valence-corrected chi connectivity index (χ3v) is 4.41. The van der Waals surface area contributed by atoms with E-state index in [1.54, 1.807) is 6.92 Å². The first kappa shape index (κ1) is 17.6. The number of carbonyl (C=O) groups is 1. The highest BCUT2D eigenvalue weighted by Gasteiger charge is 2.28. The monoisotopic (exact) mass is 287 g/mol. The van der Waals surface area contributed by atoms with Crippen molar-refractivity contribution in [2.24, 2.45) is 10.4 Å². The van der Waals surface area contributed by atoms with Gasteiger partial charge in [0.1, 0.15) is 5.78 Å². The molecule has 0 aliphatic carbocycles. The fourth-order valence-corrected chi connectivity index (χ4v) is 2.20. The minimum Gasteiger partial charge on any atom is -0.299 e. The van der Waals surface area contributed by atoms with Crippen LogP contribution >= 0.6 is 0 Å². The van der Waals surface area contributed by atoms with Crippen molar-refractivity contribution in [3.8, 4) is 0 Å². The first-order valence-electron chi connectivity index (χ1n) is 7.78. The predicted octanol–water partition coefficient (Wildman–Crippen LogP) is 5.64. The number of aliphatic imine (C=N–C) groups is 1. The number of rotatable bonds is 5. The average molecular weight is 287 g/mol. The molecule has 0 atom stereocenters. The highest BCUT2D eigenvalue weighted by Crippen LogP contribution is 2.36. The van der Waals surface area contributed by atoms with E-state index < -0.39 is 5.41 Å². The minimum atomic E-state index is -0.516. The third-order valence-electron chi connectivity index (χ3n) is 4.41. The highest BCUT2D eigenvalue weighted by molar-refractivity contribution is 6.07. The van der Waals surface area contributed by atoms with Crippen LogP contribution in [0.4, 0.5) is 5.69 Å². The van der Waals surface area contributed by atoms with Crippen molar-refractivity contribution in [2.75, 3.05) is 0 Å². The van der Waals surface area contributed by atoms with Crippen LogP contribution in [0.15, 0.2) is 23.2 Å². The smallest absolute Gasteiger partial charge is 0.141 e. The number of carbonyl (C=O) groups excluding carboxylic acids is 1. The standard InChI is InChI=1S/C19H29NO/c1-12(2)16-10-9-11-17(13(3)4)18(16)20-14(5)19(7,8)15(6)21/h9-13H,1-8H3. The van der Waals surface area contributed by atoms with E-state index in [2.05, 4.69) is 45.9 Å². The molecule has 0 unspecified atom stereocenters. The topological polar surface area (TPSA) is 29.4 Å². The summed E-state index contributed by atoms with van der Waals surface area (Å²) in [5.74, 6) is 0.975. The van der Waals surface area contributed by atoms with Gasteiger partial charge < -0.3 is 0 Å². The maximum Gasteiger partial charge on any atom is 0.141 e. The Bertz CT molecular complexity index is 524. The molecular weight excluding hydrogens is 258 g/mol. The van der Waals surface area contributed by atoms with Gasteiger partial charge in [-0.25, -0.2) is 0 Å². The Morgan fingerprint density at radius 2 is 1.43 bits per heavy atom. The lowest BCUT2D eigenvalue weighted by atomic mass is 9.84. The first-order valence-corrected chi connectivity index (χ1v) is 7.78. The van der Waals surface area contributed by atoms with E-state index in [-0.39, 0.29) is 5.78 Å². The second-order valence-corrected chi connectivity index (χ2v) is 6.97. The van der Waals surface area contributed by atoms with E-state index in [9.17, 15) is 4.79 Å². The molecule has 0 N–H and O–H groups in total. The molecule has 0 saturated carbocycles. The van der Waals surface area contributed by atoms with Crippen molar-refractivity contribution >= 4 is 17.2 Å². The molecular formula is C19H29NO. The molecule has 0 aromatic heterocycles. The SMILES string of the molecule is CC(=O)C(C)(C)C(C)=Nc1c(C(C)C)cccc1C(C)C. The molecule has 2 nitrogen and oxygen atoms in total. The number of para-hydroxylation sites is 1. The fourth-order valence-electron chi connectivity index (χ4n) is 2.20. The van der Waals surface area contributed by atoms with Gasteiger partial charge in [0.2, 0.25) is 0 Å². The molecule has 21 heavy (non-hydrogen) atoms. The van der Waals surface area contributed by atoms with Crippen LogP contribution in [0.1, 0.15) is 78.4 Å². The van der Waals surface area contributed by atoms with Crippen LogP contribution in [-0.4, -0.2) is 11.5 Å². The van der Waals surface area contributed by atoms with Crippen LogP contribution in [-0.2, 0) is 4.79 Å². The Morgan fingerprint density at radius 1 is 1.00 bits per heavy atom. The van der Waals surface area contributed by atoms with Gasteiger partial charge in [0.15, 0.2) is 0 Å². The van der Waals surface area contributed by atoms with E-state index in [1.165, 1.54) is 11.1 Å². The Balaban J connectivity index is 3.51. The van der Waals surface area contributed by atoms with Crippen molar-refractivity contribution < 1.29 is 4.79 Å². The summed E-state index contributed by atoms with van der Waals surface area (Å²) in [6.45, 7) is 16.2. The molecule has 0 aliphatic rings. The second kappa shape index (κ2) is 6.55. The molecule has 116 valence electrons. The lowest BCUT2D eigenvalue weighted by Gasteiger charge is -2.23. The minimum absolute atomic E-state index is 0.150. The van der Waals surface area contributed by atoms with E-state index in [4.69, 9.17) is 4.99 Å². The van der Waals surface area contributed by atoms with Gasteiger partial charge in [0, 0.05) is 5.71 Å². The Hall–Kier alpha value is -1.44. The van der Waals surface area contributed by atoms with Crippen LogP contribution in [0.5, 0.6) is 0 Å². The zero-order valence-corrected chi connectivity index (χ0v) is 14.7. The molecule has 0 radical (unpaired) electrons. The molecule has 0 spiro atoms. The summed E-state index contributed by atoms with van der Waals surface area (Å²) in [6, 6.07) is 6.39. The largest absolute Gasteiger partial charge is 0.299 e. The normalized spacial score (nSPS) is 13.1. The number of hydrogen-bond donors (Lipinski definition) is 0. The zero-order valence-electron chi connectivity index (χ0n) is 14.7. The van der Waals surface area contributed by atoms with Crippen molar-refractivity contribution in [3.63, 3.8) is 0 Å². The Kier molecular flexibility index (Phi) is 5.49. The van der Waals surface area contributed by atoms with Gasteiger partial charge in [-0.1, -0.05) is 45.9 Å². The molecule has 1 aromatic rings. The zero-order chi connectivity index (χ0) is 16.4. The van der Waals surface area contributed by atoms with Crippen molar-refractivity contribution in [1.29, 1.82) is 0 Å². The van der Waals surface area contributed by atoms with Gasteiger partial charge in [-0.3, -0.25) is 9.79 Å². The van der Waals surface area contributed by atoms with Crippen LogP contribution in [0.25, 0.3) is 0 Å². The lowest BCUT2D eigenvalue weighted by Crippen LogP contribution is -2.29. The summed E-state index contributed by atoms with van der Waals surface area (Å²) in [5.41, 5.74) is 3.91. The van der Waals surface area contributed by atoms with Gasteiger partial charge in [0.25, 0.3) is 0 Å². The molecule has 1 rings (SSSR count). The van der Waals surface area contributed by atoms with Gasteiger partial charge in [-0.15, -0.1) is 0 Å². The molecule has 0 saturated heterocycles. The molecule has 0 aliphatic heterocycles. The maximum absolute atomic E-state index is 11.9. The number of hydrogen-bond acceptors (Lipinski definition) is 2. The maximum atomic E-state index is 11.9. The molecule has 0 fully saturated rings. The molecule has 0 bridgehead atoms. The summed E-state index contributed by atoms with van der Waals surface area (Å²) in [4.78, 5) is 16.7. The third kappa shape index (κ3) is 3.81. The van der Waals surface area contributed by atoms with Crippen LogP contribution in [0.2, 0.25) is 0 Å². The number of benzene rings is 1. The van der Waals surface area contributed by atoms with Gasteiger partial charge in [0.05, 0.1) is 11.1 Å². The second-order valence-electron chi connectivity index (χ2n) is 6.97. The quantitative estimate of drug-likeness (QED) is 0.644. The molecule has 0 heterocycles. The summed E-state index contributed by atoms with van der Waals surface area (Å²) in [5, 5.41) is 0. The van der Waals surface area contributed by atoms with Crippen LogP contribution in [0, 0.1) is 5.41 Å². The van der Waals surface area contributed by atoms with Gasteiger partial charge in [-0.2, -0.15) is 0 Å². The summed E-state index contributed by atoms with van der Waals surface area (Å²) < 4.78 is 0. The van der Waals surface area contributed by atoms with E-state index in [0.717, 1.165) is 11.4 Å². The summed E-state index contributed by atoms with van der Waals surface area (Å²) in [6.07, 6.45) is 0. The highest BCUT2D eigenvalue weighted by atomic mass is 16.1. The number of ketones is 1. The number of Topliss-reactive ketones (excluding diaryl/α,β-unsaturated/α-hetero) is 1. The van der Waals surface area contributed by atoms with Crippen LogP contribution in [0.3, 0.4) is 0 Å². The first-order chi connectivity index (χ1) is 9.59. The van der Waals surface area contributed by atoms with Crippen molar-refractivity contribution in [3.05, 3.63) is 29.3 Å². The van der Waals surface area contributed by atoms with E-state index in [1.807, 2.05) is 20.8 Å². The molecule has 0 amide bonds. The Morgan fingerprint density at radius 3 is 1.76 bits per heavy atom. The molecule has 1 aromatic carbocycles. The van der Waals surface area contributed by atoms with Gasteiger partial charge >= 0.3 is 0 Å². The van der Waals surface area contributed by atoms with E-state index >= 15 is 0 Å². The van der Waals surface area contributed by atoms with Crippen molar-refractivity contribution in [2.45, 2.75) is 67.2 Å². The van der Waals surface area contributed by atoms with Gasteiger partial charge in [-0.05, 0) is 50.7 Å². The number of nitrogens with zero attached hydrogens (tertiary/aromatic N) is 1. The average Bonchev–Trinajstić information content (AvgIpc) is 2.37. The van der Waals surface area contributed by atoms with Crippen molar-refractivity contribution in [1.82, 2.24) is 0 Å². The lowest BCUT2D eigenvalue weighted by molar-refractivity contribution is -0.121. The molecule has 2 heteroatoms. The van der Waals surface area contributed by atoms with E-state index in [0.29, 0.717) is 11.8 Å². The Labute approximate surface area is 129 Å². The fraction of sp³-hybridized carbons (Fsp3) is 0.579. The summed E-state index contributed by atoms with van der Waals surface area (Å²) >= 11 is 0. The van der Waals surface area contributed by atoms with Crippen LogP contribution < -0.4 is 0 Å². The summed E-state index contributed by atoms with van der Waals surface area (Å²) in [7, 11) is 0. The predicted molar refractivity (Wildman–Crippen MR) is 91.9 cm³/mol.